The van der Waals surface area contributed by atoms with Gasteiger partial charge in [-0.15, -0.1) is 0 Å². The van der Waals surface area contributed by atoms with Crippen LogP contribution in [-0.4, -0.2) is 29.2 Å². The third-order valence-corrected chi connectivity index (χ3v) is 8.48. The van der Waals surface area contributed by atoms with Crippen LogP contribution < -0.4 is 10.6 Å². The van der Waals surface area contributed by atoms with Crippen LogP contribution in [0, 0.1) is 23.2 Å². The number of anilines is 2. The number of aromatic nitrogens is 2. The number of carbonyl (C=O) groups excluding carboxylic acids is 2. The number of H-pyrrole nitrogens is 1. The van der Waals surface area contributed by atoms with E-state index in [1.54, 1.807) is 24.3 Å². The highest BCUT2D eigenvalue weighted by Crippen LogP contribution is 2.49. The lowest BCUT2D eigenvalue weighted by Gasteiger charge is -2.44. The molecule has 0 spiro atoms. The van der Waals surface area contributed by atoms with E-state index in [0.29, 0.717) is 16.3 Å². The van der Waals surface area contributed by atoms with Gasteiger partial charge in [-0.25, -0.2) is 4.98 Å². The predicted octanol–water partition coefficient (Wildman–Crippen LogP) is 8.22. The molecule has 4 aromatic rings. The topological polar surface area (TPSA) is 86.9 Å². The van der Waals surface area contributed by atoms with Gasteiger partial charge in [0.1, 0.15) is 12.1 Å². The number of benzene rings is 3. The zero-order valence-electron chi connectivity index (χ0n) is 23.3. The Morgan fingerprint density at radius 3 is 2.25 bits per heavy atom. The van der Waals surface area contributed by atoms with Crippen LogP contribution in [0.4, 0.5) is 11.4 Å². The van der Waals surface area contributed by atoms with Gasteiger partial charge >= 0.3 is 0 Å². The lowest BCUT2D eigenvalue weighted by Crippen LogP contribution is -2.36. The summed E-state index contributed by atoms with van der Waals surface area (Å²) in [7, 11) is 1.88. The molecule has 2 unspecified atom stereocenters. The number of carbonyl (C=O) groups is 2. The van der Waals surface area contributed by atoms with Crippen LogP contribution in [0.2, 0.25) is 5.02 Å². The second-order valence-corrected chi connectivity index (χ2v) is 12.3. The average Bonchev–Trinajstić information content (AvgIpc) is 3.36. The Hall–Kier alpha value is -3.64. The number of hydrogen-bond acceptors (Lipinski definition) is 4. The molecule has 1 amide bonds. The van der Waals surface area contributed by atoms with Crippen molar-refractivity contribution in [2.24, 2.45) is 23.2 Å². The van der Waals surface area contributed by atoms with Crippen molar-refractivity contribution >= 4 is 46.2 Å². The number of rotatable bonds is 5. The molecule has 6 nitrogen and oxygen atoms in total. The highest BCUT2D eigenvalue weighted by atomic mass is 35.5. The van der Waals surface area contributed by atoms with Crippen LogP contribution in [0.15, 0.2) is 66.7 Å². The van der Waals surface area contributed by atoms with Gasteiger partial charge in [0.2, 0.25) is 0 Å². The molecular weight excluding hydrogens is 520 g/mol. The van der Waals surface area contributed by atoms with E-state index in [0.717, 1.165) is 58.7 Å². The Kier molecular flexibility index (Phi) is 8.27. The number of halogens is 1. The summed E-state index contributed by atoms with van der Waals surface area (Å²) in [5, 5.41) is 6.59. The number of imidazole rings is 1. The first-order chi connectivity index (χ1) is 19.2. The van der Waals surface area contributed by atoms with E-state index in [-0.39, 0.29) is 11.3 Å². The minimum absolute atomic E-state index is 0.0216. The lowest BCUT2D eigenvalue weighted by molar-refractivity contribution is -0.120. The molecule has 6 rings (SSSR count). The van der Waals surface area contributed by atoms with E-state index in [9.17, 15) is 9.59 Å². The monoisotopic (exact) mass is 556 g/mol. The molecular formula is C33H37ClN4O2. The van der Waals surface area contributed by atoms with Crippen LogP contribution in [-0.2, 0) is 4.79 Å². The van der Waals surface area contributed by atoms with Crippen molar-refractivity contribution in [3.63, 3.8) is 0 Å². The number of nitrogens with one attached hydrogen (secondary N) is 3. The summed E-state index contributed by atoms with van der Waals surface area (Å²) >= 11 is 5.87. The maximum absolute atomic E-state index is 12.4. The molecule has 2 saturated carbocycles. The fourth-order valence-electron chi connectivity index (χ4n) is 6.55. The molecule has 3 aromatic carbocycles. The lowest BCUT2D eigenvalue weighted by atomic mass is 9.60. The van der Waals surface area contributed by atoms with Crippen LogP contribution >= 0.6 is 11.6 Å². The fraction of sp³-hybridized carbons (Fsp3) is 0.364. The van der Waals surface area contributed by atoms with Crippen LogP contribution in [0.25, 0.3) is 22.4 Å². The highest BCUT2D eigenvalue weighted by molar-refractivity contribution is 6.30. The number of aromatic amines is 1. The Bertz CT molecular complexity index is 1460. The smallest absolute Gasteiger partial charge is 0.255 e. The van der Waals surface area contributed by atoms with Crippen molar-refractivity contribution in [3.05, 3.63) is 77.3 Å². The third-order valence-electron chi connectivity index (χ3n) is 8.23. The molecule has 0 aliphatic heterocycles. The van der Waals surface area contributed by atoms with Gasteiger partial charge in [-0.05, 0) is 117 Å². The molecule has 2 bridgehead atoms. The first kappa shape index (κ1) is 27.9. The predicted molar refractivity (Wildman–Crippen MR) is 164 cm³/mol. The minimum Gasteiger partial charge on any atom is -0.388 e. The number of nitrogens with zero attached hydrogens (tertiary/aromatic N) is 1. The van der Waals surface area contributed by atoms with Crippen molar-refractivity contribution in [2.75, 3.05) is 17.7 Å². The summed E-state index contributed by atoms with van der Waals surface area (Å²) in [5.41, 5.74) is 5.01. The summed E-state index contributed by atoms with van der Waals surface area (Å²) in [6.07, 6.45) is 7.63. The largest absolute Gasteiger partial charge is 0.388 e. The molecule has 0 saturated heterocycles. The van der Waals surface area contributed by atoms with E-state index in [2.05, 4.69) is 34.4 Å². The maximum Gasteiger partial charge on any atom is 0.255 e. The molecule has 1 aromatic heterocycles. The summed E-state index contributed by atoms with van der Waals surface area (Å²) < 4.78 is 0. The molecule has 2 fully saturated rings. The fourth-order valence-corrected chi connectivity index (χ4v) is 6.68. The summed E-state index contributed by atoms with van der Waals surface area (Å²) in [4.78, 5) is 31.3. The van der Waals surface area contributed by atoms with E-state index < -0.39 is 0 Å². The Labute approximate surface area is 240 Å². The zero-order chi connectivity index (χ0) is 28.3. The normalized spacial score (nSPS) is 23.6. The van der Waals surface area contributed by atoms with Crippen molar-refractivity contribution in [2.45, 2.75) is 46.0 Å². The highest BCUT2D eigenvalue weighted by Gasteiger charge is 2.40. The van der Waals surface area contributed by atoms with E-state index >= 15 is 0 Å². The third kappa shape index (κ3) is 6.56. The molecule has 1 heterocycles. The number of fused-ring (bicyclic) bond motifs is 3. The summed E-state index contributed by atoms with van der Waals surface area (Å²) in [5.74, 6) is 3.19. The van der Waals surface area contributed by atoms with Crippen LogP contribution in [0.1, 0.15) is 56.3 Å². The second-order valence-electron chi connectivity index (χ2n) is 11.8. The molecule has 208 valence electrons. The van der Waals surface area contributed by atoms with Gasteiger partial charge in [-0.2, -0.15) is 0 Å². The molecule has 3 N–H and O–H groups in total. The number of aldehydes is 1. The maximum atomic E-state index is 12.4. The van der Waals surface area contributed by atoms with Crippen LogP contribution in [0.5, 0.6) is 0 Å². The molecule has 2 atom stereocenters. The Morgan fingerprint density at radius 1 is 0.975 bits per heavy atom. The zero-order valence-corrected chi connectivity index (χ0v) is 24.1. The van der Waals surface area contributed by atoms with Gasteiger partial charge in [0.25, 0.3) is 5.91 Å². The van der Waals surface area contributed by atoms with Crippen LogP contribution in [0.3, 0.4) is 0 Å². The molecule has 2 aliphatic rings. The second kappa shape index (κ2) is 11.8. The summed E-state index contributed by atoms with van der Waals surface area (Å²) in [6.45, 7) is 4.51. The van der Waals surface area contributed by atoms with Crippen molar-refractivity contribution in [1.29, 1.82) is 0 Å². The molecule has 0 radical (unpaired) electrons. The average molecular weight is 557 g/mol. The van der Waals surface area contributed by atoms with Gasteiger partial charge in [0, 0.05) is 40.0 Å². The van der Waals surface area contributed by atoms with Gasteiger partial charge in [-0.3, -0.25) is 4.79 Å². The van der Waals surface area contributed by atoms with Gasteiger partial charge in [0.05, 0.1) is 11.0 Å². The van der Waals surface area contributed by atoms with Gasteiger partial charge in [-0.1, -0.05) is 25.4 Å². The first-order valence-electron chi connectivity index (χ1n) is 14.0. The molecule has 40 heavy (non-hydrogen) atoms. The van der Waals surface area contributed by atoms with Crippen molar-refractivity contribution in [1.82, 2.24) is 9.97 Å². The Balaban J connectivity index is 0.000000207. The standard InChI is InChI=1S/C21H17ClN4O.C12H20O/c1-23-16-8-4-13(5-9-16)20-25-18-11-10-17(12-19(18)26-20)24-21(27)14-2-6-15(22)7-3-14;1-9-3-10-5-11(4-9)7-12(2,6-10)8-13/h2-12,23H,1H3,(H,24,27)(H,25,26);8-11H,3-7H2,1-2H3. The van der Waals surface area contributed by atoms with Gasteiger partial charge in [0.15, 0.2) is 0 Å². The molecule has 7 heteroatoms. The first-order valence-corrected chi connectivity index (χ1v) is 14.4. The number of hydrogen-bond donors (Lipinski definition) is 3. The Morgan fingerprint density at radius 2 is 1.62 bits per heavy atom. The summed E-state index contributed by atoms with van der Waals surface area (Å²) in [6, 6.07) is 20.4. The van der Waals surface area contributed by atoms with Crippen molar-refractivity contribution < 1.29 is 9.59 Å². The van der Waals surface area contributed by atoms with E-state index in [1.165, 1.54) is 25.5 Å². The van der Waals surface area contributed by atoms with Gasteiger partial charge < -0.3 is 20.4 Å². The molecule has 2 aliphatic carbocycles. The van der Waals surface area contributed by atoms with E-state index in [1.807, 2.05) is 49.5 Å². The van der Waals surface area contributed by atoms with Crippen molar-refractivity contribution in [3.8, 4) is 11.4 Å². The quantitative estimate of drug-likeness (QED) is 0.216. The SMILES string of the molecule is CC1CC2CC(C1)CC(C)(C=O)C2.CNc1ccc(-c2nc3ccc(NC(=O)c4ccc(Cl)cc4)cc3[nH]2)cc1. The number of amides is 1. The van der Waals surface area contributed by atoms with E-state index in [4.69, 9.17) is 11.6 Å². The minimum atomic E-state index is -0.187.